The molecular formula is C50H80Cl2OSiZr. The Hall–Kier alpha value is 0.0800. The van der Waals surface area contributed by atoms with Crippen molar-refractivity contribution < 1.29 is 25.6 Å². The van der Waals surface area contributed by atoms with Gasteiger partial charge in [0.15, 0.2) is 0 Å². The second-order valence-corrected chi connectivity index (χ2v) is 29.9. The molecule has 0 radical (unpaired) electrons. The van der Waals surface area contributed by atoms with Crippen LogP contribution in [0.15, 0.2) is 60.7 Å². The molecule has 0 N–H and O–H groups in total. The van der Waals surface area contributed by atoms with Gasteiger partial charge in [0.05, 0.1) is 14.2 Å². The minimum atomic E-state index is -1.84. The molecule has 0 aliphatic heterocycles. The topological polar surface area (TPSA) is 9.23 Å². The third kappa shape index (κ3) is 9.53. The van der Waals surface area contributed by atoms with Crippen molar-refractivity contribution in [2.24, 2.45) is 58.2 Å². The van der Waals surface area contributed by atoms with Crippen molar-refractivity contribution in [3.63, 3.8) is 0 Å². The number of fused-ring (bicyclic) bond motifs is 2. The molecule has 5 saturated carbocycles. The van der Waals surface area contributed by atoms with E-state index in [1.54, 1.807) is 11.1 Å². The first kappa shape index (κ1) is 47.8. The number of halogens is 2. The van der Waals surface area contributed by atoms with Crippen molar-refractivity contribution in [1.82, 2.24) is 0 Å². The Balaban J connectivity index is 0.00000130. The first-order chi connectivity index (χ1) is 25.2. The van der Waals surface area contributed by atoms with Crippen LogP contribution in [0.3, 0.4) is 0 Å². The van der Waals surface area contributed by atoms with Gasteiger partial charge in [0, 0.05) is 13.0 Å². The zero-order valence-electron chi connectivity index (χ0n) is 37.1. The van der Waals surface area contributed by atoms with Gasteiger partial charge in [-0.05, 0) is 124 Å². The van der Waals surface area contributed by atoms with Gasteiger partial charge in [0.2, 0.25) is 0 Å². The molecule has 308 valence electrons. The second-order valence-electron chi connectivity index (χ2n) is 21.3. The molecule has 5 heteroatoms. The van der Waals surface area contributed by atoms with Crippen LogP contribution in [0, 0.1) is 73.0 Å². The van der Waals surface area contributed by atoms with Crippen molar-refractivity contribution in [2.75, 3.05) is 7.11 Å². The summed E-state index contributed by atoms with van der Waals surface area (Å²) in [4.78, 5) is 0. The maximum absolute atomic E-state index is 6.67. The number of hydrogen-bond acceptors (Lipinski definition) is 1. The molecule has 2 aromatic rings. The van der Waals surface area contributed by atoms with Crippen LogP contribution in [0.4, 0.5) is 0 Å². The fourth-order valence-electron chi connectivity index (χ4n) is 14.9. The molecule has 0 aromatic heterocycles. The Labute approximate surface area is 360 Å². The van der Waals surface area contributed by atoms with Crippen LogP contribution in [-0.2, 0) is 25.6 Å². The molecule has 14 atom stereocenters. The van der Waals surface area contributed by atoms with E-state index in [2.05, 4.69) is 123 Å². The van der Waals surface area contributed by atoms with E-state index in [9.17, 15) is 0 Å². The summed E-state index contributed by atoms with van der Waals surface area (Å²) in [6.45, 7) is 23.9. The molecule has 1 nitrogen and oxygen atoms in total. The number of hydrogen-bond donors (Lipinski definition) is 0. The van der Waals surface area contributed by atoms with E-state index in [1.807, 2.05) is 7.11 Å². The van der Waals surface area contributed by atoms with Gasteiger partial charge in [-0.2, -0.15) is 0 Å². The molecule has 5 aliphatic rings. The predicted octanol–water partition coefficient (Wildman–Crippen LogP) is 16.1. The second kappa shape index (κ2) is 19.6. The van der Waals surface area contributed by atoms with Crippen LogP contribution in [0.25, 0.3) is 0 Å². The standard InChI is InChI=1S/C48H74OSi.2CH3.2ClH.Zr/c1-31-26-38-37(33-20-14-11-15-21-33)28-35(47(3,4)5)29-40(38)45(31)50(10,36-24-18-13-19-25-36)46-32(2)27-39-41(46)30-42(48(6,7)8)44(49-9)43(39)34-22-16-12-17-23-34;;;;;/h11-12,14-17,20-23,31-32,35-46H,13,18-19,24-30H2,1-10H3;2*1H3;2*1H;/q;2*-1;;;+4/p-2/t31?,32?,35?,37?,38?,39?,40?,41?,42?,43?,44?,45?,46?,50-;;;;;/m1...../s1. The van der Waals surface area contributed by atoms with Crippen molar-refractivity contribution in [3.05, 3.63) is 86.6 Å². The average molecular weight is 887 g/mol. The Morgan fingerprint density at radius 3 is 1.62 bits per heavy atom. The Bertz CT molecular complexity index is 1440. The molecule has 2 aromatic carbocycles. The quantitative estimate of drug-likeness (QED) is 0.207. The third-order valence-electron chi connectivity index (χ3n) is 16.8. The van der Waals surface area contributed by atoms with Crippen molar-refractivity contribution in [1.29, 1.82) is 0 Å². The summed E-state index contributed by atoms with van der Waals surface area (Å²) in [5.74, 6) is 7.67. The summed E-state index contributed by atoms with van der Waals surface area (Å²) in [5, 5.41) is 0. The number of methoxy groups -OCH3 is 1. The zero-order chi connectivity index (χ0) is 38.3. The van der Waals surface area contributed by atoms with Crippen LogP contribution < -0.4 is 0 Å². The van der Waals surface area contributed by atoms with Crippen molar-refractivity contribution >= 4 is 25.1 Å². The van der Waals surface area contributed by atoms with Crippen LogP contribution in [-0.4, -0.2) is 21.3 Å². The van der Waals surface area contributed by atoms with E-state index in [0.29, 0.717) is 23.4 Å². The molecule has 0 spiro atoms. The van der Waals surface area contributed by atoms with Gasteiger partial charge in [0.1, 0.15) is 0 Å². The Kier molecular flexibility index (Phi) is 17.1. The molecule has 5 fully saturated rings. The van der Waals surface area contributed by atoms with Crippen LogP contribution in [0.5, 0.6) is 0 Å². The molecule has 0 bridgehead atoms. The maximum atomic E-state index is 6.67. The average Bonchev–Trinajstić information content (AvgIpc) is 3.66. The van der Waals surface area contributed by atoms with Gasteiger partial charge in [-0.1, -0.05) is 155 Å². The van der Waals surface area contributed by atoms with Crippen molar-refractivity contribution in [2.45, 2.75) is 161 Å². The normalized spacial score (nSPS) is 37.4. The van der Waals surface area contributed by atoms with Gasteiger partial charge in [0.25, 0.3) is 0 Å². The molecular weight excluding hydrogens is 807 g/mol. The van der Waals surface area contributed by atoms with Crippen LogP contribution in [0.2, 0.25) is 23.2 Å². The van der Waals surface area contributed by atoms with E-state index in [0.717, 1.165) is 64.0 Å². The molecule has 55 heavy (non-hydrogen) atoms. The predicted molar refractivity (Wildman–Crippen MR) is 241 cm³/mol. The summed E-state index contributed by atoms with van der Waals surface area (Å²) in [6.07, 6.45) is 14.9. The minimum absolute atomic E-state index is 0. The summed E-state index contributed by atoms with van der Waals surface area (Å²) in [7, 11) is 10.1. The van der Waals surface area contributed by atoms with E-state index in [1.165, 1.54) is 64.2 Å². The monoisotopic (exact) mass is 884 g/mol. The summed E-state index contributed by atoms with van der Waals surface area (Å²) in [5.41, 5.74) is 6.69. The van der Waals surface area contributed by atoms with E-state index in [4.69, 9.17) is 21.8 Å². The van der Waals surface area contributed by atoms with Crippen molar-refractivity contribution in [3.8, 4) is 0 Å². The fourth-order valence-corrected chi connectivity index (χ4v) is 23.4. The number of benzene rings is 2. The number of rotatable bonds is 6. The Morgan fingerprint density at radius 1 is 0.636 bits per heavy atom. The molecule has 13 unspecified atom stereocenters. The van der Waals surface area contributed by atoms with Crippen LogP contribution >= 0.6 is 17.0 Å². The molecule has 0 saturated heterocycles. The summed E-state index contributed by atoms with van der Waals surface area (Å²) in [6, 6.07) is 23.6. The third-order valence-corrected chi connectivity index (χ3v) is 24.0. The SMILES string of the molecule is COC1C(c2ccccc2)C2CC(C)C([Si@](C)(C3CCCCC3)C3C(C)CC4C(c5ccccc5)CC(C(C)(C)C)CC43)C2CC1C(C)(C)C.[CH3-].[CH3-].[Cl][Zr+2][Cl]. The van der Waals surface area contributed by atoms with E-state index in [-0.39, 0.29) is 20.3 Å². The summed E-state index contributed by atoms with van der Waals surface area (Å²) >= 11 is -0.826. The first-order valence-corrected chi connectivity index (χ1v) is 30.8. The molecule has 7 rings (SSSR count). The Morgan fingerprint density at radius 2 is 1.13 bits per heavy atom. The zero-order valence-corrected chi connectivity index (χ0v) is 42.1. The van der Waals surface area contributed by atoms with Gasteiger partial charge in [-0.3, -0.25) is 0 Å². The molecule has 0 amide bonds. The first-order valence-electron chi connectivity index (χ1n) is 21.8. The van der Waals surface area contributed by atoms with E-state index >= 15 is 0 Å². The van der Waals surface area contributed by atoms with Crippen LogP contribution in [0.1, 0.15) is 143 Å². The van der Waals surface area contributed by atoms with Gasteiger partial charge in [-0.25, -0.2) is 0 Å². The summed E-state index contributed by atoms with van der Waals surface area (Å²) < 4.78 is 6.67. The van der Waals surface area contributed by atoms with E-state index < -0.39 is 28.9 Å². The number of ether oxygens (including phenoxy) is 1. The van der Waals surface area contributed by atoms with Gasteiger partial charge in [-0.15, -0.1) is 0 Å². The fraction of sp³-hybridized carbons (Fsp3) is 0.720. The molecule has 5 aliphatic carbocycles. The van der Waals surface area contributed by atoms with Gasteiger partial charge >= 0.3 is 37.9 Å². The van der Waals surface area contributed by atoms with Gasteiger partial charge < -0.3 is 19.6 Å². The molecule has 0 heterocycles.